The molecule has 2 nitrogen and oxygen atoms in total. The number of halogens is 3. The van der Waals surface area contributed by atoms with Crippen molar-refractivity contribution in [3.05, 3.63) is 33.8 Å². The molecule has 1 rings (SSSR count). The van der Waals surface area contributed by atoms with Crippen LogP contribution in [0.5, 0.6) is 0 Å². The van der Waals surface area contributed by atoms with E-state index in [1.54, 1.807) is 13.8 Å². The van der Waals surface area contributed by atoms with Crippen molar-refractivity contribution in [3.63, 3.8) is 0 Å². The Morgan fingerprint density at radius 3 is 2.62 bits per heavy atom. The van der Waals surface area contributed by atoms with E-state index in [0.29, 0.717) is 0 Å². The smallest absolute Gasteiger partial charge is 0.194 e. The van der Waals surface area contributed by atoms with E-state index in [1.807, 2.05) is 0 Å². The summed E-state index contributed by atoms with van der Waals surface area (Å²) >= 11 is 2.89. The zero-order valence-electron chi connectivity index (χ0n) is 8.89. The molecule has 0 aliphatic rings. The van der Waals surface area contributed by atoms with Gasteiger partial charge in [-0.25, -0.2) is 8.78 Å². The van der Waals surface area contributed by atoms with Crippen LogP contribution in [0.25, 0.3) is 0 Å². The molecule has 0 saturated carbocycles. The molecule has 1 aromatic rings. The van der Waals surface area contributed by atoms with Gasteiger partial charge in [0.1, 0.15) is 12.4 Å². The molecule has 0 atom stereocenters. The van der Waals surface area contributed by atoms with E-state index in [4.69, 9.17) is 4.74 Å². The summed E-state index contributed by atoms with van der Waals surface area (Å²) in [6.45, 7) is 3.14. The number of carbonyl (C=O) groups is 1. The lowest BCUT2D eigenvalue weighted by atomic mass is 10.1. The lowest BCUT2D eigenvalue weighted by molar-refractivity contribution is 0.0577. The van der Waals surface area contributed by atoms with E-state index in [0.717, 1.165) is 6.07 Å². The Bertz CT molecular complexity index is 405. The highest BCUT2D eigenvalue weighted by atomic mass is 79.9. The number of hydrogen-bond donors (Lipinski definition) is 0. The summed E-state index contributed by atoms with van der Waals surface area (Å²) in [5, 5.41) is 0. The molecular formula is C11H11BrF2O2. The molecular weight excluding hydrogens is 282 g/mol. The maximum atomic E-state index is 13.5. The number of carbonyl (C=O) groups excluding carboxylic acids is 1. The maximum absolute atomic E-state index is 13.5. The van der Waals surface area contributed by atoms with E-state index in [2.05, 4.69) is 15.9 Å². The van der Waals surface area contributed by atoms with Crippen molar-refractivity contribution in [2.45, 2.75) is 20.0 Å². The first kappa shape index (κ1) is 13.3. The average molecular weight is 293 g/mol. The Morgan fingerprint density at radius 1 is 1.44 bits per heavy atom. The third kappa shape index (κ3) is 3.09. The van der Waals surface area contributed by atoms with Crippen LogP contribution in [-0.4, -0.2) is 18.5 Å². The van der Waals surface area contributed by atoms with Crippen LogP contribution in [0.2, 0.25) is 0 Å². The van der Waals surface area contributed by atoms with Crippen LogP contribution in [0.3, 0.4) is 0 Å². The van der Waals surface area contributed by atoms with E-state index < -0.39 is 23.0 Å². The molecule has 0 aliphatic heterocycles. The van der Waals surface area contributed by atoms with E-state index >= 15 is 0 Å². The molecule has 0 N–H and O–H groups in total. The van der Waals surface area contributed by atoms with Gasteiger partial charge in [-0.15, -0.1) is 0 Å². The zero-order valence-corrected chi connectivity index (χ0v) is 10.5. The number of Topliss-reactive ketones (excluding diaryl/α,β-unsaturated/α-hetero) is 1. The highest BCUT2D eigenvalue weighted by Gasteiger charge is 2.19. The minimum absolute atomic E-state index is 0.0572. The monoisotopic (exact) mass is 292 g/mol. The molecule has 0 aliphatic carbocycles. The second kappa shape index (κ2) is 5.50. The Kier molecular flexibility index (Phi) is 4.56. The average Bonchev–Trinajstić information content (AvgIpc) is 2.21. The van der Waals surface area contributed by atoms with E-state index in [1.165, 1.54) is 6.07 Å². The molecule has 0 spiro atoms. The van der Waals surface area contributed by atoms with Gasteiger partial charge < -0.3 is 4.74 Å². The summed E-state index contributed by atoms with van der Waals surface area (Å²) in [4.78, 5) is 11.5. The fraction of sp³-hybridized carbons (Fsp3) is 0.364. The van der Waals surface area contributed by atoms with Gasteiger partial charge in [0.15, 0.2) is 11.6 Å². The van der Waals surface area contributed by atoms with Crippen LogP contribution in [-0.2, 0) is 4.74 Å². The predicted molar refractivity (Wildman–Crippen MR) is 59.5 cm³/mol. The molecule has 5 heteroatoms. The molecule has 0 unspecified atom stereocenters. The Hall–Kier alpha value is -0.810. The molecule has 0 saturated heterocycles. The van der Waals surface area contributed by atoms with Crippen molar-refractivity contribution in [2.24, 2.45) is 0 Å². The summed E-state index contributed by atoms with van der Waals surface area (Å²) in [5.74, 6) is -2.47. The van der Waals surface area contributed by atoms with Crippen molar-refractivity contribution in [1.29, 1.82) is 0 Å². The number of ketones is 1. The lowest BCUT2D eigenvalue weighted by Crippen LogP contribution is -2.16. The van der Waals surface area contributed by atoms with Gasteiger partial charge >= 0.3 is 0 Å². The van der Waals surface area contributed by atoms with Gasteiger partial charge in [0.2, 0.25) is 0 Å². The van der Waals surface area contributed by atoms with Crippen molar-refractivity contribution in [2.75, 3.05) is 6.61 Å². The molecule has 0 bridgehead atoms. The summed E-state index contributed by atoms with van der Waals surface area (Å²) in [5.41, 5.74) is -0.560. The fourth-order valence-electron chi connectivity index (χ4n) is 1.10. The summed E-state index contributed by atoms with van der Waals surface area (Å²) in [6.07, 6.45) is -0.165. The van der Waals surface area contributed by atoms with Crippen molar-refractivity contribution in [1.82, 2.24) is 0 Å². The first-order valence-electron chi connectivity index (χ1n) is 4.71. The van der Waals surface area contributed by atoms with Gasteiger partial charge in [0, 0.05) is 0 Å². The van der Waals surface area contributed by atoms with Gasteiger partial charge in [0.05, 0.1) is 16.1 Å². The van der Waals surface area contributed by atoms with E-state index in [9.17, 15) is 13.6 Å². The van der Waals surface area contributed by atoms with Crippen LogP contribution < -0.4 is 0 Å². The van der Waals surface area contributed by atoms with Gasteiger partial charge in [-0.3, -0.25) is 4.79 Å². The van der Waals surface area contributed by atoms with Crippen LogP contribution in [0, 0.1) is 11.6 Å². The third-order valence-electron chi connectivity index (χ3n) is 1.87. The summed E-state index contributed by atoms with van der Waals surface area (Å²) < 4.78 is 31.8. The Morgan fingerprint density at radius 2 is 2.06 bits per heavy atom. The van der Waals surface area contributed by atoms with Crippen LogP contribution >= 0.6 is 15.9 Å². The molecule has 16 heavy (non-hydrogen) atoms. The molecule has 0 radical (unpaired) electrons. The van der Waals surface area contributed by atoms with Crippen molar-refractivity contribution in [3.8, 4) is 0 Å². The number of ether oxygens (including phenoxy) is 1. The Balaban J connectivity index is 2.95. The fourth-order valence-corrected chi connectivity index (χ4v) is 1.43. The highest BCUT2D eigenvalue weighted by molar-refractivity contribution is 9.10. The lowest BCUT2D eigenvalue weighted by Gasteiger charge is -2.08. The largest absolute Gasteiger partial charge is 0.371 e. The molecule has 0 aromatic heterocycles. The standard InChI is InChI=1S/C11H11BrF2O2/c1-6(2)16-5-9(15)10-8(13)4-3-7(12)11(10)14/h3-4,6H,5H2,1-2H3. The third-order valence-corrected chi connectivity index (χ3v) is 2.48. The first-order chi connectivity index (χ1) is 7.43. The SMILES string of the molecule is CC(C)OCC(=O)c1c(F)ccc(Br)c1F. The predicted octanol–water partition coefficient (Wildman–Crippen LogP) is 3.34. The topological polar surface area (TPSA) is 26.3 Å². The molecule has 0 fully saturated rings. The molecule has 0 heterocycles. The number of benzene rings is 1. The normalized spacial score (nSPS) is 10.9. The Labute approximate surface area is 101 Å². The molecule has 0 amide bonds. The van der Waals surface area contributed by atoms with Gasteiger partial charge in [-0.2, -0.15) is 0 Å². The minimum atomic E-state index is -0.891. The second-order valence-corrected chi connectivity index (χ2v) is 4.36. The van der Waals surface area contributed by atoms with Crippen molar-refractivity contribution >= 4 is 21.7 Å². The minimum Gasteiger partial charge on any atom is -0.371 e. The molecule has 1 aromatic carbocycles. The van der Waals surface area contributed by atoms with Gasteiger partial charge in [-0.1, -0.05) is 0 Å². The summed E-state index contributed by atoms with van der Waals surface area (Å²) in [7, 11) is 0. The number of rotatable bonds is 4. The van der Waals surface area contributed by atoms with Crippen molar-refractivity contribution < 1.29 is 18.3 Å². The van der Waals surface area contributed by atoms with Gasteiger partial charge in [-0.05, 0) is 41.9 Å². The van der Waals surface area contributed by atoms with E-state index in [-0.39, 0.29) is 17.2 Å². The quantitative estimate of drug-likeness (QED) is 0.628. The van der Waals surface area contributed by atoms with Crippen LogP contribution in [0.1, 0.15) is 24.2 Å². The zero-order chi connectivity index (χ0) is 12.3. The van der Waals surface area contributed by atoms with Crippen LogP contribution in [0.15, 0.2) is 16.6 Å². The molecule has 88 valence electrons. The first-order valence-corrected chi connectivity index (χ1v) is 5.51. The summed E-state index contributed by atoms with van der Waals surface area (Å²) in [6, 6.07) is 2.25. The van der Waals surface area contributed by atoms with Crippen LogP contribution in [0.4, 0.5) is 8.78 Å². The highest BCUT2D eigenvalue weighted by Crippen LogP contribution is 2.22. The number of hydrogen-bond acceptors (Lipinski definition) is 2. The van der Waals surface area contributed by atoms with Gasteiger partial charge in [0.25, 0.3) is 0 Å². The maximum Gasteiger partial charge on any atom is 0.194 e. The second-order valence-electron chi connectivity index (χ2n) is 3.50.